The maximum Gasteiger partial charge on any atom is 0.423 e. The molecule has 0 saturated heterocycles. The van der Waals surface area contributed by atoms with Gasteiger partial charge in [0.2, 0.25) is 5.88 Å². The molecule has 1 aromatic heterocycles. The highest BCUT2D eigenvalue weighted by molar-refractivity contribution is 6.37. The first-order chi connectivity index (χ1) is 9.70. The lowest BCUT2D eigenvalue weighted by molar-refractivity contribution is -0.138. The summed E-state index contributed by atoms with van der Waals surface area (Å²) < 4.78 is 44.1. The van der Waals surface area contributed by atoms with Crippen molar-refractivity contribution in [3.8, 4) is 11.6 Å². The van der Waals surface area contributed by atoms with Crippen LogP contribution in [0.2, 0.25) is 15.1 Å². The van der Waals surface area contributed by atoms with Crippen LogP contribution in [0.4, 0.5) is 18.9 Å². The number of aromatic nitrogens is 1. The van der Waals surface area contributed by atoms with Crippen LogP contribution in [0.1, 0.15) is 5.56 Å². The van der Waals surface area contributed by atoms with Crippen LogP contribution in [0.3, 0.4) is 0 Å². The van der Waals surface area contributed by atoms with Gasteiger partial charge in [-0.25, -0.2) is 4.98 Å². The fourth-order valence-corrected chi connectivity index (χ4v) is 2.35. The molecule has 0 radical (unpaired) electrons. The third kappa shape index (κ3) is 3.45. The molecule has 0 aliphatic carbocycles. The predicted molar refractivity (Wildman–Crippen MR) is 75.2 cm³/mol. The topological polar surface area (TPSA) is 48.1 Å². The molecule has 0 spiro atoms. The first kappa shape index (κ1) is 16.0. The van der Waals surface area contributed by atoms with Crippen molar-refractivity contribution < 1.29 is 17.9 Å². The largest absolute Gasteiger partial charge is 0.435 e. The fraction of sp³-hybridized carbons (Fsp3) is 0.0833. The second kappa shape index (κ2) is 5.79. The van der Waals surface area contributed by atoms with Gasteiger partial charge >= 0.3 is 6.18 Å². The van der Waals surface area contributed by atoms with Gasteiger partial charge in [0.25, 0.3) is 0 Å². The van der Waals surface area contributed by atoms with E-state index in [1.807, 2.05) is 0 Å². The quantitative estimate of drug-likeness (QED) is 0.729. The molecule has 0 aliphatic rings. The molecule has 2 aromatic rings. The zero-order valence-corrected chi connectivity index (χ0v) is 12.3. The number of halogens is 6. The van der Waals surface area contributed by atoms with Gasteiger partial charge in [0, 0.05) is 11.9 Å². The second-order valence-electron chi connectivity index (χ2n) is 3.89. The Bertz CT molecular complexity index is 669. The van der Waals surface area contributed by atoms with Gasteiger partial charge in [-0.15, -0.1) is 0 Å². The van der Waals surface area contributed by atoms with Crippen molar-refractivity contribution in [2.45, 2.75) is 6.18 Å². The van der Waals surface area contributed by atoms with Crippen molar-refractivity contribution >= 4 is 40.5 Å². The summed E-state index contributed by atoms with van der Waals surface area (Å²) in [5.74, 6) is -0.934. The number of nitrogens with two attached hydrogens (primary N) is 1. The monoisotopic (exact) mass is 356 g/mol. The van der Waals surface area contributed by atoms with E-state index in [2.05, 4.69) is 4.98 Å². The number of benzene rings is 1. The van der Waals surface area contributed by atoms with Crippen molar-refractivity contribution in [1.29, 1.82) is 0 Å². The Kier molecular flexibility index (Phi) is 4.41. The van der Waals surface area contributed by atoms with Crippen LogP contribution in [0.25, 0.3) is 0 Å². The zero-order chi connectivity index (χ0) is 15.8. The van der Waals surface area contributed by atoms with Crippen LogP contribution >= 0.6 is 34.8 Å². The molecule has 1 aromatic carbocycles. The number of pyridine rings is 1. The molecular weight excluding hydrogens is 351 g/mol. The van der Waals surface area contributed by atoms with E-state index in [1.54, 1.807) is 0 Å². The summed E-state index contributed by atoms with van der Waals surface area (Å²) in [4.78, 5) is 3.53. The highest BCUT2D eigenvalue weighted by Gasteiger charge is 2.38. The van der Waals surface area contributed by atoms with E-state index in [1.165, 1.54) is 12.1 Å². The van der Waals surface area contributed by atoms with Gasteiger partial charge < -0.3 is 10.5 Å². The first-order valence-electron chi connectivity index (χ1n) is 5.34. The van der Waals surface area contributed by atoms with Gasteiger partial charge in [-0.3, -0.25) is 0 Å². The average molecular weight is 358 g/mol. The van der Waals surface area contributed by atoms with Crippen LogP contribution < -0.4 is 10.5 Å². The highest BCUT2D eigenvalue weighted by atomic mass is 35.5. The Morgan fingerprint density at radius 3 is 2.14 bits per heavy atom. The van der Waals surface area contributed by atoms with Crippen LogP contribution in [0.15, 0.2) is 24.4 Å². The Balaban J connectivity index is 2.53. The molecule has 2 N–H and O–H groups in total. The molecular formula is C12H6Cl3F3N2O. The lowest BCUT2D eigenvalue weighted by Crippen LogP contribution is -2.09. The van der Waals surface area contributed by atoms with E-state index >= 15 is 0 Å². The number of hydrogen-bond acceptors (Lipinski definition) is 3. The minimum absolute atomic E-state index is 0.0464. The number of hydrogen-bond donors (Lipinski definition) is 1. The van der Waals surface area contributed by atoms with Gasteiger partial charge in [-0.05, 0) is 18.2 Å². The number of anilines is 1. The third-order valence-electron chi connectivity index (χ3n) is 2.37. The van der Waals surface area contributed by atoms with E-state index in [9.17, 15) is 13.2 Å². The molecule has 0 fully saturated rings. The van der Waals surface area contributed by atoms with Crippen LogP contribution in [0.5, 0.6) is 11.6 Å². The highest BCUT2D eigenvalue weighted by Crippen LogP contribution is 2.44. The molecule has 1 heterocycles. The number of alkyl halides is 3. The van der Waals surface area contributed by atoms with Crippen LogP contribution in [-0.4, -0.2) is 4.98 Å². The van der Waals surface area contributed by atoms with Crippen LogP contribution in [0, 0.1) is 0 Å². The van der Waals surface area contributed by atoms with Gasteiger partial charge in [0.05, 0.1) is 15.1 Å². The summed E-state index contributed by atoms with van der Waals surface area (Å²) in [6.07, 6.45) is -3.67. The lowest BCUT2D eigenvalue weighted by atomic mass is 10.2. The van der Waals surface area contributed by atoms with Crippen LogP contribution in [-0.2, 0) is 6.18 Å². The summed E-state index contributed by atoms with van der Waals surface area (Å²) >= 11 is 17.3. The molecule has 0 unspecified atom stereocenters. The molecule has 0 atom stereocenters. The van der Waals surface area contributed by atoms with Crippen molar-refractivity contribution in [3.63, 3.8) is 0 Å². The third-order valence-corrected chi connectivity index (χ3v) is 3.24. The minimum Gasteiger partial charge on any atom is -0.435 e. The Morgan fingerprint density at radius 1 is 1.05 bits per heavy atom. The molecule has 0 aliphatic heterocycles. The molecule has 2 rings (SSSR count). The number of nitrogens with zero attached hydrogens (tertiary/aromatic N) is 1. The van der Waals surface area contributed by atoms with Crippen molar-refractivity contribution in [3.05, 3.63) is 45.0 Å². The standard InChI is InChI=1S/C12H6Cl3F3N2O/c13-6-1-2-20-11(9(6)12(16,17)18)21-10-7(14)3-5(19)4-8(10)15/h1-4H,19H2. The zero-order valence-electron chi connectivity index (χ0n) is 10.0. The summed E-state index contributed by atoms with van der Waals surface area (Å²) in [6.45, 7) is 0. The summed E-state index contributed by atoms with van der Waals surface area (Å²) in [6, 6.07) is 3.59. The van der Waals surface area contributed by atoms with E-state index in [0.717, 1.165) is 12.3 Å². The van der Waals surface area contributed by atoms with Gasteiger partial charge in [0.1, 0.15) is 5.56 Å². The summed E-state index contributed by atoms with van der Waals surface area (Å²) in [5, 5.41) is -0.639. The van der Waals surface area contributed by atoms with Crippen molar-refractivity contribution in [2.24, 2.45) is 0 Å². The second-order valence-corrected chi connectivity index (χ2v) is 5.11. The van der Waals surface area contributed by atoms with Gasteiger partial charge in [-0.2, -0.15) is 13.2 Å². The number of rotatable bonds is 2. The normalized spacial score (nSPS) is 11.5. The molecule has 9 heteroatoms. The van der Waals surface area contributed by atoms with E-state index < -0.39 is 22.6 Å². The Hall–Kier alpha value is -1.37. The van der Waals surface area contributed by atoms with Crippen molar-refractivity contribution in [1.82, 2.24) is 4.98 Å². The summed E-state index contributed by atoms with van der Waals surface area (Å²) in [7, 11) is 0. The Labute approximate surface area is 132 Å². The fourth-order valence-electron chi connectivity index (χ4n) is 1.53. The molecule has 21 heavy (non-hydrogen) atoms. The molecule has 0 amide bonds. The lowest BCUT2D eigenvalue weighted by Gasteiger charge is -2.15. The van der Waals surface area contributed by atoms with Gasteiger partial charge in [0.15, 0.2) is 5.75 Å². The smallest absolute Gasteiger partial charge is 0.423 e. The maximum atomic E-state index is 13.0. The predicted octanol–water partition coefficient (Wildman–Crippen LogP) is 5.44. The molecule has 0 bridgehead atoms. The average Bonchev–Trinajstić information content (AvgIpc) is 2.32. The molecule has 0 saturated carbocycles. The van der Waals surface area contributed by atoms with Gasteiger partial charge in [-0.1, -0.05) is 34.8 Å². The summed E-state index contributed by atoms with van der Waals surface area (Å²) in [5.41, 5.74) is 4.53. The minimum atomic E-state index is -4.74. The molecule has 3 nitrogen and oxygen atoms in total. The number of nitrogen functional groups attached to an aromatic ring is 1. The maximum absolute atomic E-state index is 13.0. The van der Waals surface area contributed by atoms with E-state index in [4.69, 9.17) is 45.3 Å². The van der Waals surface area contributed by atoms with E-state index in [0.29, 0.717) is 0 Å². The first-order valence-corrected chi connectivity index (χ1v) is 6.47. The SMILES string of the molecule is Nc1cc(Cl)c(Oc2nccc(Cl)c2C(F)(F)F)c(Cl)c1. The van der Waals surface area contributed by atoms with Crippen molar-refractivity contribution in [2.75, 3.05) is 5.73 Å². The molecule has 112 valence electrons. The number of ether oxygens (including phenoxy) is 1. The Morgan fingerprint density at radius 2 is 1.62 bits per heavy atom. The van der Waals surface area contributed by atoms with E-state index in [-0.39, 0.29) is 21.5 Å².